The molecular formula is C20H29N5O2S. The summed E-state index contributed by atoms with van der Waals surface area (Å²) in [6.45, 7) is 11.9. The van der Waals surface area contributed by atoms with Gasteiger partial charge in [-0.15, -0.1) is 11.3 Å². The highest BCUT2D eigenvalue weighted by Gasteiger charge is 2.17. The van der Waals surface area contributed by atoms with Crippen molar-refractivity contribution in [2.24, 2.45) is 0 Å². The van der Waals surface area contributed by atoms with Crippen LogP contribution in [0, 0.1) is 0 Å². The SMILES string of the molecule is CCc1nn(CC(=O)NCCN(C(C)C)C(C)C)c(=O)c2cc3ccsc3n12. The van der Waals surface area contributed by atoms with Crippen LogP contribution in [0.25, 0.3) is 15.7 Å². The fraction of sp³-hybridized carbons (Fsp3) is 0.550. The molecule has 0 bridgehead atoms. The van der Waals surface area contributed by atoms with Gasteiger partial charge in [0.2, 0.25) is 5.91 Å². The number of amides is 1. The lowest BCUT2D eigenvalue weighted by Gasteiger charge is -2.30. The number of nitrogens with zero attached hydrogens (tertiary/aromatic N) is 4. The molecule has 152 valence electrons. The summed E-state index contributed by atoms with van der Waals surface area (Å²) in [5, 5.41) is 10.4. The van der Waals surface area contributed by atoms with Crippen molar-refractivity contribution in [2.75, 3.05) is 13.1 Å². The maximum Gasteiger partial charge on any atom is 0.291 e. The van der Waals surface area contributed by atoms with Crippen LogP contribution >= 0.6 is 11.3 Å². The first kappa shape index (κ1) is 20.5. The van der Waals surface area contributed by atoms with Gasteiger partial charge in [-0.2, -0.15) is 5.10 Å². The Kier molecular flexibility index (Phi) is 6.20. The molecule has 0 aliphatic rings. The topological polar surface area (TPSA) is 71.6 Å². The van der Waals surface area contributed by atoms with Crippen molar-refractivity contribution in [2.45, 2.75) is 59.7 Å². The molecule has 0 atom stereocenters. The van der Waals surface area contributed by atoms with Gasteiger partial charge in [-0.3, -0.25) is 18.9 Å². The summed E-state index contributed by atoms with van der Waals surface area (Å²) in [5.74, 6) is 0.590. The van der Waals surface area contributed by atoms with E-state index in [-0.39, 0.29) is 18.0 Å². The van der Waals surface area contributed by atoms with E-state index >= 15 is 0 Å². The van der Waals surface area contributed by atoms with Crippen LogP contribution in [0.15, 0.2) is 22.3 Å². The Balaban J connectivity index is 1.76. The molecule has 3 aromatic rings. The van der Waals surface area contributed by atoms with Gasteiger partial charge in [0.1, 0.15) is 22.7 Å². The number of aromatic nitrogens is 3. The minimum Gasteiger partial charge on any atom is -0.353 e. The summed E-state index contributed by atoms with van der Waals surface area (Å²) in [7, 11) is 0. The van der Waals surface area contributed by atoms with Crippen LogP contribution in [0.4, 0.5) is 0 Å². The molecule has 0 saturated carbocycles. The van der Waals surface area contributed by atoms with Crippen LogP contribution < -0.4 is 10.9 Å². The Morgan fingerprint density at radius 3 is 2.64 bits per heavy atom. The van der Waals surface area contributed by atoms with Crippen molar-refractivity contribution >= 4 is 33.0 Å². The third kappa shape index (κ3) is 3.98. The molecule has 0 unspecified atom stereocenters. The molecule has 28 heavy (non-hydrogen) atoms. The number of nitrogens with one attached hydrogen (secondary N) is 1. The summed E-state index contributed by atoms with van der Waals surface area (Å²) >= 11 is 1.59. The molecule has 0 fully saturated rings. The van der Waals surface area contributed by atoms with E-state index in [2.05, 4.69) is 43.0 Å². The molecule has 1 amide bonds. The molecule has 8 heteroatoms. The lowest BCUT2D eigenvalue weighted by Crippen LogP contribution is -2.43. The van der Waals surface area contributed by atoms with Crippen LogP contribution in [-0.4, -0.2) is 50.2 Å². The van der Waals surface area contributed by atoms with E-state index in [0.717, 1.165) is 22.6 Å². The first-order valence-corrected chi connectivity index (χ1v) is 10.7. The largest absolute Gasteiger partial charge is 0.353 e. The van der Waals surface area contributed by atoms with Gasteiger partial charge >= 0.3 is 0 Å². The Hall–Kier alpha value is -2.19. The number of thiophene rings is 1. The van der Waals surface area contributed by atoms with E-state index in [1.54, 1.807) is 11.3 Å². The monoisotopic (exact) mass is 403 g/mol. The molecule has 0 spiro atoms. The molecule has 0 aromatic carbocycles. The Morgan fingerprint density at radius 1 is 1.29 bits per heavy atom. The Morgan fingerprint density at radius 2 is 2.00 bits per heavy atom. The van der Waals surface area contributed by atoms with E-state index in [1.807, 2.05) is 28.8 Å². The molecule has 3 heterocycles. The van der Waals surface area contributed by atoms with Crippen LogP contribution in [-0.2, 0) is 17.8 Å². The lowest BCUT2D eigenvalue weighted by molar-refractivity contribution is -0.122. The van der Waals surface area contributed by atoms with Gasteiger partial charge in [0.05, 0.1) is 0 Å². The normalized spacial score (nSPS) is 12.1. The summed E-state index contributed by atoms with van der Waals surface area (Å²) in [4.78, 5) is 28.6. The lowest BCUT2D eigenvalue weighted by atomic mass is 10.2. The highest BCUT2D eigenvalue weighted by molar-refractivity contribution is 7.16. The van der Waals surface area contributed by atoms with Gasteiger partial charge in [-0.25, -0.2) is 4.68 Å². The highest BCUT2D eigenvalue weighted by atomic mass is 32.1. The molecule has 0 saturated heterocycles. The summed E-state index contributed by atoms with van der Waals surface area (Å²) in [6, 6.07) is 4.71. The third-order valence-electron chi connectivity index (χ3n) is 4.99. The zero-order valence-corrected chi connectivity index (χ0v) is 18.0. The molecule has 0 aliphatic carbocycles. The maximum atomic E-state index is 12.9. The minimum atomic E-state index is -0.235. The van der Waals surface area contributed by atoms with Crippen molar-refractivity contribution in [1.29, 1.82) is 0 Å². The van der Waals surface area contributed by atoms with E-state index < -0.39 is 0 Å². The van der Waals surface area contributed by atoms with Crippen LogP contribution in [0.3, 0.4) is 0 Å². The van der Waals surface area contributed by atoms with Gasteiger partial charge in [-0.05, 0) is 45.2 Å². The summed E-state index contributed by atoms with van der Waals surface area (Å²) < 4.78 is 3.20. The van der Waals surface area contributed by atoms with Gasteiger partial charge in [0.15, 0.2) is 0 Å². The number of carbonyl (C=O) groups is 1. The van der Waals surface area contributed by atoms with Crippen LogP contribution in [0.5, 0.6) is 0 Å². The fourth-order valence-electron chi connectivity index (χ4n) is 3.66. The molecule has 0 radical (unpaired) electrons. The molecule has 1 N–H and O–H groups in total. The van der Waals surface area contributed by atoms with Crippen molar-refractivity contribution in [3.8, 4) is 0 Å². The highest BCUT2D eigenvalue weighted by Crippen LogP contribution is 2.24. The predicted octanol–water partition coefficient (Wildman–Crippen LogP) is 2.51. The third-order valence-corrected chi connectivity index (χ3v) is 5.90. The zero-order valence-electron chi connectivity index (χ0n) is 17.2. The summed E-state index contributed by atoms with van der Waals surface area (Å²) in [6.07, 6.45) is 0.678. The van der Waals surface area contributed by atoms with E-state index in [4.69, 9.17) is 0 Å². The second kappa shape index (κ2) is 8.45. The minimum absolute atomic E-state index is 0.0650. The Labute approximate surface area is 169 Å². The van der Waals surface area contributed by atoms with Gasteiger partial charge < -0.3 is 5.32 Å². The van der Waals surface area contributed by atoms with Crippen molar-refractivity contribution in [3.63, 3.8) is 0 Å². The molecule has 7 nitrogen and oxygen atoms in total. The zero-order chi connectivity index (χ0) is 20.4. The number of fused-ring (bicyclic) bond motifs is 3. The van der Waals surface area contributed by atoms with E-state index in [1.165, 1.54) is 4.68 Å². The van der Waals surface area contributed by atoms with E-state index in [9.17, 15) is 9.59 Å². The number of hydrogen-bond donors (Lipinski definition) is 1. The quantitative estimate of drug-likeness (QED) is 0.627. The van der Waals surface area contributed by atoms with E-state index in [0.29, 0.717) is 30.6 Å². The van der Waals surface area contributed by atoms with Crippen LogP contribution in [0.1, 0.15) is 40.4 Å². The number of carbonyl (C=O) groups excluding carboxylic acids is 1. The van der Waals surface area contributed by atoms with Gasteiger partial charge in [-0.1, -0.05) is 6.92 Å². The number of hydrogen-bond acceptors (Lipinski definition) is 5. The molecular weight excluding hydrogens is 374 g/mol. The molecule has 3 aromatic heterocycles. The molecule has 0 aliphatic heterocycles. The summed E-state index contributed by atoms with van der Waals surface area (Å²) in [5.41, 5.74) is 0.342. The standard InChI is InChI=1S/C20H29N5O2S/c1-6-17-22-24(12-18(26)21-8-9-23(13(2)3)14(4)5)19(27)16-11-15-7-10-28-20(15)25(16)17/h7,10-11,13-14H,6,8-9,12H2,1-5H3,(H,21,26). The number of aryl methyl sites for hydroxylation is 1. The first-order valence-electron chi connectivity index (χ1n) is 9.84. The van der Waals surface area contributed by atoms with Crippen molar-refractivity contribution in [3.05, 3.63) is 33.7 Å². The first-order chi connectivity index (χ1) is 13.3. The van der Waals surface area contributed by atoms with Crippen molar-refractivity contribution in [1.82, 2.24) is 24.4 Å². The van der Waals surface area contributed by atoms with Crippen molar-refractivity contribution < 1.29 is 4.79 Å². The second-order valence-electron chi connectivity index (χ2n) is 7.55. The smallest absolute Gasteiger partial charge is 0.291 e. The number of rotatable bonds is 8. The Bertz CT molecular complexity index is 1020. The average Bonchev–Trinajstić information content (AvgIpc) is 3.22. The molecule has 3 rings (SSSR count). The van der Waals surface area contributed by atoms with Gasteiger partial charge in [0, 0.05) is 37.0 Å². The average molecular weight is 404 g/mol. The maximum absolute atomic E-state index is 12.9. The van der Waals surface area contributed by atoms with Crippen LogP contribution in [0.2, 0.25) is 0 Å². The second-order valence-corrected chi connectivity index (χ2v) is 8.45. The fourth-order valence-corrected chi connectivity index (χ4v) is 4.58. The van der Waals surface area contributed by atoms with Gasteiger partial charge in [0.25, 0.3) is 5.56 Å². The predicted molar refractivity (Wildman–Crippen MR) is 114 cm³/mol.